The van der Waals surface area contributed by atoms with Crippen LogP contribution in [-0.4, -0.2) is 38.7 Å². The van der Waals surface area contributed by atoms with E-state index in [2.05, 4.69) is 28.1 Å². The van der Waals surface area contributed by atoms with Crippen LogP contribution in [0.1, 0.15) is 77.5 Å². The summed E-state index contributed by atoms with van der Waals surface area (Å²) in [6.07, 6.45) is 3.41. The first-order valence-corrected chi connectivity index (χ1v) is 14.2. The molecule has 1 spiro atoms. The Kier molecular flexibility index (Phi) is 5.73. The van der Waals surface area contributed by atoms with E-state index in [4.69, 9.17) is 0 Å². The lowest BCUT2D eigenvalue weighted by Crippen LogP contribution is -2.42. The Bertz CT molecular complexity index is 1480. The summed E-state index contributed by atoms with van der Waals surface area (Å²) in [5, 5.41) is 8.33. The summed E-state index contributed by atoms with van der Waals surface area (Å²) >= 11 is 0. The highest BCUT2D eigenvalue weighted by molar-refractivity contribution is 6.10. The number of amides is 1. The second-order valence-electron chi connectivity index (χ2n) is 12.9. The molecule has 2 aromatic carbocycles. The average Bonchev–Trinajstić information content (AvgIpc) is 3.16. The second-order valence-corrected chi connectivity index (χ2v) is 12.9. The van der Waals surface area contributed by atoms with Gasteiger partial charge in [0.15, 0.2) is 0 Å². The van der Waals surface area contributed by atoms with Crippen molar-refractivity contribution in [2.75, 3.05) is 18.0 Å². The first-order chi connectivity index (χ1) is 19.0. The monoisotopic (exact) mass is 549 g/mol. The molecular formula is C31H34F3N5O. The lowest BCUT2D eigenvalue weighted by molar-refractivity contribution is -0.138. The van der Waals surface area contributed by atoms with Crippen molar-refractivity contribution >= 4 is 11.6 Å². The molecular weight excluding hydrogens is 515 g/mol. The number of carbonyl (C=O) groups is 1. The summed E-state index contributed by atoms with van der Waals surface area (Å²) in [6.45, 7) is 4.44. The van der Waals surface area contributed by atoms with Crippen LogP contribution >= 0.6 is 0 Å². The first kappa shape index (κ1) is 25.7. The topological polar surface area (TPSA) is 54.3 Å². The Hall–Kier alpha value is -3.20. The number of halogens is 3. The standard InChI is InChI=1S/C31H34F3N5O/c1-20-13-30(14-20,15-27-36-35-19-37(27)2)22-4-3-5-23(12-22)39-17-25-24(28(39)40)10-21(11-26(25)31(32,33)34)16-38-9-8-29(18-38)6-7-29/h3-5,10-12,19-20H,6-9,13-18H2,1-2H3/t20-,30-. The van der Waals surface area contributed by atoms with E-state index in [0.29, 0.717) is 29.1 Å². The van der Waals surface area contributed by atoms with E-state index in [9.17, 15) is 18.0 Å². The van der Waals surface area contributed by atoms with Crippen LogP contribution in [0.25, 0.3) is 0 Å². The Balaban J connectivity index is 1.19. The van der Waals surface area contributed by atoms with Gasteiger partial charge in [0.25, 0.3) is 5.91 Å². The van der Waals surface area contributed by atoms with Gasteiger partial charge in [0.1, 0.15) is 12.2 Å². The van der Waals surface area contributed by atoms with Crippen LogP contribution in [0.2, 0.25) is 0 Å². The molecule has 1 amide bonds. The van der Waals surface area contributed by atoms with Gasteiger partial charge in [-0.05, 0) is 90.9 Å². The smallest absolute Gasteiger partial charge is 0.321 e. The van der Waals surface area contributed by atoms with Crippen LogP contribution < -0.4 is 4.90 Å². The van der Waals surface area contributed by atoms with E-state index in [0.717, 1.165) is 50.2 Å². The van der Waals surface area contributed by atoms with Crippen molar-refractivity contribution in [3.8, 4) is 0 Å². The van der Waals surface area contributed by atoms with Gasteiger partial charge in [-0.1, -0.05) is 19.1 Å². The largest absolute Gasteiger partial charge is 0.416 e. The van der Waals surface area contributed by atoms with E-state index < -0.39 is 11.7 Å². The number of rotatable bonds is 6. The molecule has 2 aliphatic carbocycles. The number of anilines is 1. The average molecular weight is 550 g/mol. The number of hydrogen-bond acceptors (Lipinski definition) is 4. The number of aryl methyl sites for hydroxylation is 1. The SMILES string of the molecule is Cn1cnnc1C[C@]1(c2cccc(N3Cc4c(cc(CN5CCC6(CC6)C5)cc4C(F)(F)F)C3=O)c2)C[C@H](C)C1. The lowest BCUT2D eigenvalue weighted by atomic mass is 9.57. The Morgan fingerprint density at radius 3 is 2.55 bits per heavy atom. The molecule has 3 aromatic rings. The van der Waals surface area contributed by atoms with E-state index in [1.54, 1.807) is 12.4 Å². The predicted octanol–water partition coefficient (Wildman–Crippen LogP) is 5.89. The Morgan fingerprint density at radius 1 is 1.10 bits per heavy atom. The molecule has 0 bridgehead atoms. The van der Waals surface area contributed by atoms with Gasteiger partial charge in [0.05, 0.1) is 12.1 Å². The molecule has 0 unspecified atom stereocenters. The number of aromatic nitrogens is 3. The van der Waals surface area contributed by atoms with Gasteiger partial charge in [-0.25, -0.2) is 0 Å². The van der Waals surface area contributed by atoms with Gasteiger partial charge in [-0.3, -0.25) is 9.69 Å². The molecule has 3 heterocycles. The molecule has 1 aromatic heterocycles. The van der Waals surface area contributed by atoms with Crippen LogP contribution in [0.3, 0.4) is 0 Å². The molecule has 0 N–H and O–H groups in total. The second kappa shape index (κ2) is 8.90. The van der Waals surface area contributed by atoms with E-state index in [1.807, 2.05) is 29.8 Å². The van der Waals surface area contributed by atoms with Crippen molar-refractivity contribution in [1.29, 1.82) is 0 Å². The van der Waals surface area contributed by atoms with Crippen LogP contribution in [-0.2, 0) is 38.1 Å². The molecule has 1 saturated heterocycles. The molecule has 4 aliphatic rings. The number of benzene rings is 2. The zero-order valence-electron chi connectivity index (χ0n) is 23.0. The molecule has 40 heavy (non-hydrogen) atoms. The van der Waals surface area contributed by atoms with Crippen LogP contribution in [0.15, 0.2) is 42.7 Å². The van der Waals surface area contributed by atoms with Crippen molar-refractivity contribution in [3.05, 3.63) is 76.4 Å². The zero-order valence-corrected chi connectivity index (χ0v) is 23.0. The third kappa shape index (κ3) is 4.33. The predicted molar refractivity (Wildman–Crippen MR) is 145 cm³/mol. The van der Waals surface area contributed by atoms with Crippen LogP contribution in [0.4, 0.5) is 18.9 Å². The quantitative estimate of drug-likeness (QED) is 0.385. The third-order valence-electron chi connectivity index (χ3n) is 9.84. The fourth-order valence-corrected chi connectivity index (χ4v) is 7.56. The molecule has 0 radical (unpaired) electrons. The van der Waals surface area contributed by atoms with Gasteiger partial charge in [0.2, 0.25) is 0 Å². The molecule has 0 atom stereocenters. The van der Waals surface area contributed by atoms with Crippen LogP contribution in [0, 0.1) is 11.3 Å². The zero-order chi connectivity index (χ0) is 27.9. The van der Waals surface area contributed by atoms with Gasteiger partial charge in [-0.2, -0.15) is 13.2 Å². The third-order valence-corrected chi connectivity index (χ3v) is 9.84. The normalized spacial score (nSPS) is 25.5. The minimum atomic E-state index is -4.52. The lowest BCUT2D eigenvalue weighted by Gasteiger charge is -2.47. The van der Waals surface area contributed by atoms with Crippen molar-refractivity contribution in [1.82, 2.24) is 19.7 Å². The highest BCUT2D eigenvalue weighted by Crippen LogP contribution is 2.53. The van der Waals surface area contributed by atoms with E-state index in [1.165, 1.54) is 23.8 Å². The molecule has 2 aliphatic heterocycles. The van der Waals surface area contributed by atoms with E-state index in [-0.39, 0.29) is 29.0 Å². The summed E-state index contributed by atoms with van der Waals surface area (Å²) < 4.78 is 44.8. The molecule has 6 nitrogen and oxygen atoms in total. The number of carbonyl (C=O) groups excluding carboxylic acids is 1. The highest BCUT2D eigenvalue weighted by atomic mass is 19.4. The minimum absolute atomic E-state index is 0.0771. The van der Waals surface area contributed by atoms with Crippen molar-refractivity contribution in [2.45, 2.75) is 70.1 Å². The van der Waals surface area contributed by atoms with Crippen molar-refractivity contribution < 1.29 is 18.0 Å². The molecule has 3 fully saturated rings. The summed E-state index contributed by atoms with van der Waals surface area (Å²) in [7, 11) is 1.93. The maximum atomic E-state index is 14.3. The molecule has 2 saturated carbocycles. The molecule has 7 rings (SSSR count). The number of nitrogens with zero attached hydrogens (tertiary/aromatic N) is 5. The fourth-order valence-electron chi connectivity index (χ4n) is 7.56. The number of likely N-dealkylation sites (tertiary alicyclic amines) is 1. The van der Waals surface area contributed by atoms with E-state index >= 15 is 0 Å². The highest BCUT2D eigenvalue weighted by Gasteiger charge is 2.48. The Labute approximate surface area is 232 Å². The summed E-state index contributed by atoms with van der Waals surface area (Å²) in [5.41, 5.74) is 2.14. The number of fused-ring (bicyclic) bond motifs is 1. The summed E-state index contributed by atoms with van der Waals surface area (Å²) in [5.74, 6) is 1.10. The summed E-state index contributed by atoms with van der Waals surface area (Å²) in [4.78, 5) is 17.5. The van der Waals surface area contributed by atoms with Gasteiger partial charge < -0.3 is 9.47 Å². The molecule has 9 heteroatoms. The Morgan fingerprint density at radius 2 is 1.90 bits per heavy atom. The van der Waals surface area contributed by atoms with Gasteiger partial charge in [0, 0.05) is 43.2 Å². The maximum absolute atomic E-state index is 14.3. The first-order valence-electron chi connectivity index (χ1n) is 14.2. The fraction of sp³-hybridized carbons (Fsp3) is 0.516. The molecule has 210 valence electrons. The van der Waals surface area contributed by atoms with Gasteiger partial charge >= 0.3 is 6.18 Å². The van der Waals surface area contributed by atoms with Gasteiger partial charge in [-0.15, -0.1) is 10.2 Å². The number of alkyl halides is 3. The maximum Gasteiger partial charge on any atom is 0.416 e. The van der Waals surface area contributed by atoms with Crippen molar-refractivity contribution in [2.24, 2.45) is 18.4 Å². The summed E-state index contributed by atoms with van der Waals surface area (Å²) in [6, 6.07) is 10.8. The number of hydrogen-bond donors (Lipinski definition) is 0. The van der Waals surface area contributed by atoms with Crippen LogP contribution in [0.5, 0.6) is 0 Å². The van der Waals surface area contributed by atoms with Crippen molar-refractivity contribution in [3.63, 3.8) is 0 Å². The minimum Gasteiger partial charge on any atom is -0.321 e.